The molecule has 0 N–H and O–H groups in total. The third-order valence-electron chi connectivity index (χ3n) is 4.37. The molecule has 4 unspecified atom stereocenters. The third kappa shape index (κ3) is 3.07. The summed E-state index contributed by atoms with van der Waals surface area (Å²) < 4.78 is 6.10. The van der Waals surface area contributed by atoms with Gasteiger partial charge in [-0.1, -0.05) is 13.8 Å². The maximum absolute atomic E-state index is 11.4. The van der Waals surface area contributed by atoms with Crippen LogP contribution in [0.25, 0.3) is 0 Å². The molecule has 2 saturated carbocycles. The van der Waals surface area contributed by atoms with Crippen molar-refractivity contribution in [3.63, 3.8) is 0 Å². The van der Waals surface area contributed by atoms with Gasteiger partial charge in [-0.3, -0.25) is 4.79 Å². The molecule has 16 heavy (non-hydrogen) atoms. The predicted molar refractivity (Wildman–Crippen MR) is 64.3 cm³/mol. The normalized spacial score (nSPS) is 41.0. The molecule has 0 aliphatic heterocycles. The van der Waals surface area contributed by atoms with Crippen molar-refractivity contribution >= 4 is 5.78 Å². The maximum Gasteiger partial charge on any atom is 0.135 e. The van der Waals surface area contributed by atoms with Gasteiger partial charge in [0.2, 0.25) is 0 Å². The Morgan fingerprint density at radius 3 is 2.56 bits per heavy atom. The highest BCUT2D eigenvalue weighted by atomic mass is 16.5. The molecule has 0 aromatic heterocycles. The van der Waals surface area contributed by atoms with Crippen molar-refractivity contribution in [2.24, 2.45) is 11.8 Å². The van der Waals surface area contributed by atoms with Crippen molar-refractivity contribution in [3.05, 3.63) is 0 Å². The molecule has 0 heterocycles. The van der Waals surface area contributed by atoms with E-state index in [1.807, 2.05) is 0 Å². The van der Waals surface area contributed by atoms with E-state index in [2.05, 4.69) is 13.8 Å². The van der Waals surface area contributed by atoms with Crippen LogP contribution in [-0.4, -0.2) is 18.0 Å². The number of hydrogen-bond acceptors (Lipinski definition) is 2. The van der Waals surface area contributed by atoms with Gasteiger partial charge in [0, 0.05) is 12.8 Å². The second-order valence-corrected chi connectivity index (χ2v) is 5.78. The Morgan fingerprint density at radius 2 is 1.88 bits per heavy atom. The monoisotopic (exact) mass is 224 g/mol. The van der Waals surface area contributed by atoms with Crippen LogP contribution in [0.1, 0.15) is 58.8 Å². The minimum atomic E-state index is 0.229. The van der Waals surface area contributed by atoms with E-state index in [9.17, 15) is 4.79 Å². The maximum atomic E-state index is 11.4. The van der Waals surface area contributed by atoms with Gasteiger partial charge in [0.05, 0.1) is 12.2 Å². The minimum Gasteiger partial charge on any atom is -0.375 e. The van der Waals surface area contributed by atoms with Crippen molar-refractivity contribution in [3.8, 4) is 0 Å². The van der Waals surface area contributed by atoms with Gasteiger partial charge in [-0.15, -0.1) is 0 Å². The van der Waals surface area contributed by atoms with Crippen LogP contribution in [0.3, 0.4) is 0 Å². The van der Waals surface area contributed by atoms with Crippen molar-refractivity contribution in [2.75, 3.05) is 0 Å². The molecule has 2 rings (SSSR count). The Morgan fingerprint density at radius 1 is 1.06 bits per heavy atom. The van der Waals surface area contributed by atoms with Gasteiger partial charge in [-0.05, 0) is 43.9 Å². The first-order chi connectivity index (χ1) is 7.65. The molecule has 2 nitrogen and oxygen atoms in total. The Balaban J connectivity index is 1.78. The lowest BCUT2D eigenvalue weighted by molar-refractivity contribution is -0.128. The molecule has 0 bridgehead atoms. The second-order valence-electron chi connectivity index (χ2n) is 5.78. The number of hydrogen-bond donors (Lipinski definition) is 0. The predicted octanol–water partition coefficient (Wildman–Crippen LogP) is 3.34. The van der Waals surface area contributed by atoms with E-state index in [-0.39, 0.29) is 6.10 Å². The first kappa shape index (κ1) is 12.1. The van der Waals surface area contributed by atoms with E-state index in [4.69, 9.17) is 4.74 Å². The number of ketones is 1. The smallest absolute Gasteiger partial charge is 0.135 e. The molecule has 2 heteroatoms. The summed E-state index contributed by atoms with van der Waals surface area (Å²) in [6.45, 7) is 4.66. The largest absolute Gasteiger partial charge is 0.375 e. The topological polar surface area (TPSA) is 26.3 Å². The number of ether oxygens (including phenoxy) is 1. The minimum absolute atomic E-state index is 0.229. The number of carbonyl (C=O) groups is 1. The van der Waals surface area contributed by atoms with Crippen LogP contribution < -0.4 is 0 Å². The Kier molecular flexibility index (Phi) is 4.01. The lowest BCUT2D eigenvalue weighted by atomic mass is 9.80. The van der Waals surface area contributed by atoms with Gasteiger partial charge in [-0.25, -0.2) is 0 Å². The van der Waals surface area contributed by atoms with Crippen LogP contribution in [0.15, 0.2) is 0 Å². The van der Waals surface area contributed by atoms with E-state index < -0.39 is 0 Å². The second kappa shape index (κ2) is 5.31. The summed E-state index contributed by atoms with van der Waals surface area (Å²) in [7, 11) is 0. The van der Waals surface area contributed by atoms with Gasteiger partial charge < -0.3 is 4.74 Å². The zero-order valence-corrected chi connectivity index (χ0v) is 10.6. The van der Waals surface area contributed by atoms with Gasteiger partial charge in [-0.2, -0.15) is 0 Å². The fraction of sp³-hybridized carbons (Fsp3) is 0.929. The number of rotatable bonds is 2. The highest BCUT2D eigenvalue weighted by Crippen LogP contribution is 2.32. The molecule has 2 fully saturated rings. The van der Waals surface area contributed by atoms with Crippen LogP contribution in [0, 0.1) is 11.8 Å². The highest BCUT2D eigenvalue weighted by Gasteiger charge is 2.28. The van der Waals surface area contributed by atoms with E-state index in [1.54, 1.807) is 0 Å². The average Bonchev–Trinajstić information content (AvgIpc) is 2.24. The van der Waals surface area contributed by atoms with Crippen LogP contribution >= 0.6 is 0 Å². The lowest BCUT2D eigenvalue weighted by Gasteiger charge is -2.35. The standard InChI is InChI=1S/C14H24O2/c1-10-6-7-14(8-11(10)2)16-13-5-3-4-12(15)9-13/h10-11,13-14H,3-9H2,1-2H3. The molecule has 92 valence electrons. The SMILES string of the molecule is CC1CCC(OC2CCCC(=O)C2)CC1C. The van der Waals surface area contributed by atoms with Crippen molar-refractivity contribution in [1.82, 2.24) is 0 Å². The fourth-order valence-corrected chi connectivity index (χ4v) is 3.00. The number of carbonyl (C=O) groups excluding carboxylic acids is 1. The Labute approximate surface area is 98.7 Å². The summed E-state index contributed by atoms with van der Waals surface area (Å²) in [5.41, 5.74) is 0. The van der Waals surface area contributed by atoms with E-state index in [1.165, 1.54) is 19.3 Å². The first-order valence-corrected chi connectivity index (χ1v) is 6.82. The molecule has 0 amide bonds. The Hall–Kier alpha value is -0.370. The quantitative estimate of drug-likeness (QED) is 0.719. The van der Waals surface area contributed by atoms with Gasteiger partial charge >= 0.3 is 0 Å². The van der Waals surface area contributed by atoms with Crippen LogP contribution in [0.5, 0.6) is 0 Å². The Bertz CT molecular complexity index is 249. The molecule has 2 aliphatic rings. The molecular weight excluding hydrogens is 200 g/mol. The van der Waals surface area contributed by atoms with Crippen molar-refractivity contribution < 1.29 is 9.53 Å². The third-order valence-corrected chi connectivity index (χ3v) is 4.37. The van der Waals surface area contributed by atoms with Crippen LogP contribution in [0.2, 0.25) is 0 Å². The molecule has 2 aliphatic carbocycles. The summed E-state index contributed by atoms with van der Waals surface area (Å²) in [5, 5.41) is 0. The molecule has 4 atom stereocenters. The van der Waals surface area contributed by atoms with Crippen LogP contribution in [0.4, 0.5) is 0 Å². The van der Waals surface area contributed by atoms with E-state index in [0.717, 1.165) is 31.1 Å². The molecular formula is C14H24O2. The number of Topliss-reactive ketones (excluding diaryl/α,β-unsaturated/α-hetero) is 1. The van der Waals surface area contributed by atoms with Crippen LogP contribution in [-0.2, 0) is 9.53 Å². The summed E-state index contributed by atoms with van der Waals surface area (Å²) in [4.78, 5) is 11.4. The molecule has 0 saturated heterocycles. The summed E-state index contributed by atoms with van der Waals surface area (Å²) in [6, 6.07) is 0. The summed E-state index contributed by atoms with van der Waals surface area (Å²) in [6.07, 6.45) is 7.87. The highest BCUT2D eigenvalue weighted by molar-refractivity contribution is 5.79. The lowest BCUT2D eigenvalue weighted by Crippen LogP contribution is -2.32. The zero-order chi connectivity index (χ0) is 11.5. The first-order valence-electron chi connectivity index (χ1n) is 6.82. The molecule has 0 spiro atoms. The zero-order valence-electron chi connectivity index (χ0n) is 10.6. The summed E-state index contributed by atoms with van der Waals surface area (Å²) in [5.74, 6) is 2.01. The van der Waals surface area contributed by atoms with Crippen molar-refractivity contribution in [2.45, 2.75) is 71.0 Å². The average molecular weight is 224 g/mol. The van der Waals surface area contributed by atoms with Gasteiger partial charge in [0.25, 0.3) is 0 Å². The van der Waals surface area contributed by atoms with Gasteiger partial charge in [0.1, 0.15) is 5.78 Å². The van der Waals surface area contributed by atoms with Gasteiger partial charge in [0.15, 0.2) is 0 Å². The summed E-state index contributed by atoms with van der Waals surface area (Å²) >= 11 is 0. The van der Waals surface area contributed by atoms with E-state index >= 15 is 0 Å². The van der Waals surface area contributed by atoms with Crippen molar-refractivity contribution in [1.29, 1.82) is 0 Å². The van der Waals surface area contributed by atoms with E-state index in [0.29, 0.717) is 18.3 Å². The molecule has 0 aromatic carbocycles. The molecule has 0 aromatic rings. The molecule has 0 radical (unpaired) electrons. The fourth-order valence-electron chi connectivity index (χ4n) is 3.00.